The van der Waals surface area contributed by atoms with Crippen molar-refractivity contribution in [3.8, 4) is 0 Å². The lowest BCUT2D eigenvalue weighted by atomic mass is 10.1. The van der Waals surface area contributed by atoms with E-state index >= 15 is 0 Å². The molecule has 0 spiro atoms. The van der Waals surface area contributed by atoms with E-state index in [0.29, 0.717) is 15.0 Å². The minimum atomic E-state index is -4.78. The van der Waals surface area contributed by atoms with Crippen LogP contribution in [0.1, 0.15) is 0 Å². The van der Waals surface area contributed by atoms with E-state index in [2.05, 4.69) is 0 Å². The van der Waals surface area contributed by atoms with Gasteiger partial charge in [-0.05, 0) is 24.3 Å². The van der Waals surface area contributed by atoms with E-state index in [1.54, 1.807) is 5.43 Å². The van der Waals surface area contributed by atoms with Gasteiger partial charge in [-0.2, -0.15) is 13.2 Å². The fourth-order valence-corrected chi connectivity index (χ4v) is 2.29. The summed E-state index contributed by atoms with van der Waals surface area (Å²) in [4.78, 5) is 22.6. The number of amides is 2. The van der Waals surface area contributed by atoms with Crippen LogP contribution in [-0.2, 0) is 4.79 Å². The zero-order chi connectivity index (χ0) is 16.5. The zero-order valence-corrected chi connectivity index (χ0v) is 11.6. The minimum Gasteiger partial charge on any atom is -0.274 e. The number of hydrogen-bond donors (Lipinski definition) is 2. The second kappa shape index (κ2) is 5.88. The maximum absolute atomic E-state index is 13.3. The maximum Gasteiger partial charge on any atom is 0.415 e. The molecule has 0 radical (unpaired) electrons. The van der Waals surface area contributed by atoms with Gasteiger partial charge in [0.2, 0.25) is 0 Å². The van der Waals surface area contributed by atoms with E-state index in [0.717, 1.165) is 0 Å². The lowest BCUT2D eigenvalue weighted by Crippen LogP contribution is -2.54. The van der Waals surface area contributed by atoms with Gasteiger partial charge in [0, 0.05) is 5.02 Å². The molecule has 2 amide bonds. The summed E-state index contributed by atoms with van der Waals surface area (Å²) >= 11 is 5.71. The molecular formula is C12H10ClF3N4O2. The van der Waals surface area contributed by atoms with Crippen LogP contribution in [0.4, 0.5) is 23.7 Å². The topological polar surface area (TPSA) is 78.7 Å². The molecule has 3 N–H and O–H groups in total. The Morgan fingerprint density at radius 3 is 2.41 bits per heavy atom. The number of anilines is 1. The summed E-state index contributed by atoms with van der Waals surface area (Å²) in [5.41, 5.74) is 1.15. The molecule has 0 aliphatic carbocycles. The fourth-order valence-electron chi connectivity index (χ4n) is 2.16. The first-order valence-corrected chi connectivity index (χ1v) is 6.30. The largest absolute Gasteiger partial charge is 0.415 e. The predicted octanol–water partition coefficient (Wildman–Crippen LogP) is 1.65. The smallest absolute Gasteiger partial charge is 0.274 e. The highest BCUT2D eigenvalue weighted by molar-refractivity contribution is 6.30. The van der Waals surface area contributed by atoms with Crippen molar-refractivity contribution >= 4 is 29.3 Å². The van der Waals surface area contributed by atoms with Crippen LogP contribution in [-0.4, -0.2) is 35.7 Å². The first-order chi connectivity index (χ1) is 10.3. The molecule has 6 nitrogen and oxygen atoms in total. The molecular weight excluding hydrogens is 325 g/mol. The molecule has 1 saturated heterocycles. The van der Waals surface area contributed by atoms with Gasteiger partial charge in [0.05, 0.1) is 17.8 Å². The van der Waals surface area contributed by atoms with Crippen molar-refractivity contribution < 1.29 is 22.8 Å². The minimum absolute atomic E-state index is 0.0283. The van der Waals surface area contributed by atoms with Gasteiger partial charge in [0.15, 0.2) is 6.04 Å². The quantitative estimate of drug-likeness (QED) is 0.354. The lowest BCUT2D eigenvalue weighted by molar-refractivity contribution is -0.140. The van der Waals surface area contributed by atoms with Crippen molar-refractivity contribution in [3.05, 3.63) is 34.9 Å². The molecule has 1 aliphatic rings. The normalized spacial score (nSPS) is 18.4. The lowest BCUT2D eigenvalue weighted by Gasteiger charge is -2.33. The highest BCUT2D eigenvalue weighted by atomic mass is 35.5. The van der Waals surface area contributed by atoms with Crippen LogP contribution in [0, 0.1) is 0 Å². The van der Waals surface area contributed by atoms with Gasteiger partial charge >= 0.3 is 12.2 Å². The second-order valence-electron chi connectivity index (χ2n) is 4.40. The number of rotatable bonds is 1. The van der Waals surface area contributed by atoms with Gasteiger partial charge in [0.1, 0.15) is 5.94 Å². The van der Waals surface area contributed by atoms with Crippen LogP contribution in [0.2, 0.25) is 5.02 Å². The Labute approximate surface area is 127 Å². The number of alkyl halides is 3. The van der Waals surface area contributed by atoms with E-state index in [4.69, 9.17) is 17.4 Å². The van der Waals surface area contributed by atoms with Crippen LogP contribution in [0.3, 0.4) is 0 Å². The molecule has 1 fully saturated rings. The molecule has 0 aromatic heterocycles. The summed E-state index contributed by atoms with van der Waals surface area (Å²) in [7, 11) is 0. The summed E-state index contributed by atoms with van der Waals surface area (Å²) in [6.45, 7) is -0.570. The van der Waals surface area contributed by atoms with E-state index < -0.39 is 30.4 Å². The number of benzene rings is 1. The Balaban J connectivity index is 2.56. The Morgan fingerprint density at radius 1 is 1.36 bits per heavy atom. The summed E-state index contributed by atoms with van der Waals surface area (Å²) in [6.07, 6.45) is -4.78. The van der Waals surface area contributed by atoms with E-state index in [9.17, 15) is 22.8 Å². The monoisotopic (exact) mass is 334 g/mol. The average molecular weight is 335 g/mol. The third kappa shape index (κ3) is 2.87. The Hall–Kier alpha value is -2.22. The van der Waals surface area contributed by atoms with Crippen LogP contribution >= 0.6 is 11.6 Å². The molecule has 0 bridgehead atoms. The van der Waals surface area contributed by atoms with E-state index in [1.807, 2.05) is 0 Å². The standard InChI is InChI=1S/C12H10ClF3N4O2/c13-8-1-3-9(4-2-8)20-10(12(14,15)16)7(6-21)5-19(20)11(22)18-17/h1-4,10H,5,17H2,(H,18,22). The van der Waals surface area contributed by atoms with Gasteiger partial charge in [-0.3, -0.25) is 10.4 Å². The predicted molar refractivity (Wildman–Crippen MR) is 72.4 cm³/mol. The number of nitrogens with one attached hydrogen (secondary N) is 1. The molecule has 0 saturated carbocycles. The van der Waals surface area contributed by atoms with Gasteiger partial charge in [-0.15, -0.1) is 0 Å². The Bertz CT molecular complexity index is 628. The highest BCUT2D eigenvalue weighted by Gasteiger charge is 2.54. The van der Waals surface area contributed by atoms with Gasteiger partial charge < -0.3 is 0 Å². The highest BCUT2D eigenvalue weighted by Crippen LogP contribution is 2.38. The number of carbonyl (C=O) groups is 1. The Morgan fingerprint density at radius 2 is 1.95 bits per heavy atom. The van der Waals surface area contributed by atoms with Crippen LogP contribution in [0.5, 0.6) is 0 Å². The summed E-state index contributed by atoms with van der Waals surface area (Å²) in [5, 5.41) is 1.63. The number of nitrogens with zero attached hydrogens (tertiary/aromatic N) is 2. The third-order valence-corrected chi connectivity index (χ3v) is 3.30. The molecule has 118 valence electrons. The first-order valence-electron chi connectivity index (χ1n) is 5.93. The van der Waals surface area contributed by atoms with Gasteiger partial charge in [0.25, 0.3) is 0 Å². The molecule has 1 aromatic rings. The van der Waals surface area contributed by atoms with Crippen LogP contribution < -0.4 is 16.3 Å². The van der Waals surface area contributed by atoms with Gasteiger partial charge in [-0.25, -0.2) is 20.4 Å². The van der Waals surface area contributed by atoms with Crippen molar-refractivity contribution in [3.63, 3.8) is 0 Å². The van der Waals surface area contributed by atoms with Crippen molar-refractivity contribution in [2.45, 2.75) is 12.2 Å². The van der Waals surface area contributed by atoms with E-state index in [1.165, 1.54) is 30.2 Å². The van der Waals surface area contributed by atoms with E-state index in [-0.39, 0.29) is 5.69 Å². The SMILES string of the molecule is NNC(=O)N1CC(=C=O)C(C(F)(F)F)N1c1ccc(Cl)cc1. The zero-order valence-electron chi connectivity index (χ0n) is 10.9. The average Bonchev–Trinajstić information content (AvgIpc) is 2.87. The summed E-state index contributed by atoms with van der Waals surface area (Å²) < 4.78 is 39.9. The van der Waals surface area contributed by atoms with Crippen molar-refractivity contribution in [2.24, 2.45) is 5.84 Å². The molecule has 1 unspecified atom stereocenters. The first kappa shape index (κ1) is 16.2. The molecule has 2 rings (SSSR count). The van der Waals surface area contributed by atoms with Gasteiger partial charge in [-0.1, -0.05) is 11.6 Å². The fraction of sp³-hybridized carbons (Fsp3) is 0.250. The van der Waals surface area contributed by atoms with Crippen LogP contribution in [0.15, 0.2) is 29.8 Å². The Kier molecular flexibility index (Phi) is 4.32. The maximum atomic E-state index is 13.3. The molecule has 22 heavy (non-hydrogen) atoms. The number of halogens is 4. The summed E-state index contributed by atoms with van der Waals surface area (Å²) in [5.74, 6) is 6.24. The van der Waals surface area contributed by atoms with Crippen molar-refractivity contribution in [1.82, 2.24) is 10.4 Å². The molecule has 10 heteroatoms. The summed E-state index contributed by atoms with van der Waals surface area (Å²) in [6, 6.07) is 2.03. The van der Waals surface area contributed by atoms with Crippen molar-refractivity contribution in [2.75, 3.05) is 11.6 Å². The molecule has 1 heterocycles. The molecule has 1 atom stereocenters. The number of hydrazine groups is 2. The third-order valence-electron chi connectivity index (χ3n) is 3.05. The van der Waals surface area contributed by atoms with Crippen LogP contribution in [0.25, 0.3) is 0 Å². The number of hydrogen-bond acceptors (Lipinski definition) is 4. The number of nitrogens with two attached hydrogens (primary N) is 1. The molecule has 1 aliphatic heterocycles. The molecule has 1 aromatic carbocycles. The number of urea groups is 1. The number of carbonyl (C=O) groups excluding carboxylic acids is 2. The van der Waals surface area contributed by atoms with Crippen molar-refractivity contribution in [1.29, 1.82) is 0 Å². The second-order valence-corrected chi connectivity index (χ2v) is 4.84.